The fraction of sp³-hybridized carbons (Fsp3) is 0.364. The lowest BCUT2D eigenvalue weighted by molar-refractivity contribution is 0.103. The predicted molar refractivity (Wildman–Crippen MR) is 67.9 cm³/mol. The molecule has 4 nitrogen and oxygen atoms in total. The molecule has 2 rings (SSSR count). The van der Waals surface area contributed by atoms with E-state index in [1.54, 1.807) is 4.68 Å². The average molecular weight is 270 g/mol. The van der Waals surface area contributed by atoms with Crippen LogP contribution in [0.1, 0.15) is 33.0 Å². The van der Waals surface area contributed by atoms with Crippen LogP contribution in [0.4, 0.5) is 0 Å². The van der Waals surface area contributed by atoms with Gasteiger partial charge < -0.3 is 0 Å². The molecule has 0 fully saturated rings. The normalized spacial score (nSPS) is 10.8. The van der Waals surface area contributed by atoms with Gasteiger partial charge in [-0.3, -0.25) is 9.48 Å². The van der Waals surface area contributed by atoms with Crippen LogP contribution in [-0.2, 0) is 6.54 Å². The van der Waals surface area contributed by atoms with Gasteiger partial charge in [-0.2, -0.15) is 5.10 Å². The lowest BCUT2D eigenvalue weighted by atomic mass is 10.2. The second kappa shape index (κ2) is 4.58. The lowest BCUT2D eigenvalue weighted by Crippen LogP contribution is -2.10. The van der Waals surface area contributed by atoms with Gasteiger partial charge in [0.15, 0.2) is 0 Å². The van der Waals surface area contributed by atoms with Crippen LogP contribution < -0.4 is 0 Å². The number of nitrogens with zero attached hydrogens (tertiary/aromatic N) is 3. The first-order chi connectivity index (χ1) is 8.04. The Balaban J connectivity index is 2.50. The summed E-state index contributed by atoms with van der Waals surface area (Å²) in [6.07, 6.45) is 1.50. The summed E-state index contributed by atoms with van der Waals surface area (Å²) in [5.41, 5.74) is 1.19. The van der Waals surface area contributed by atoms with E-state index < -0.39 is 0 Å². The Kier molecular flexibility index (Phi) is 3.31. The summed E-state index contributed by atoms with van der Waals surface area (Å²) >= 11 is 7.40. The minimum atomic E-state index is -0.0996. The second-order valence-electron chi connectivity index (χ2n) is 3.63. The number of aromatic nitrogens is 3. The van der Waals surface area contributed by atoms with Crippen molar-refractivity contribution in [2.45, 2.75) is 27.3 Å². The lowest BCUT2D eigenvalue weighted by Gasteiger charge is -2.03. The van der Waals surface area contributed by atoms with Gasteiger partial charge in [-0.25, -0.2) is 4.98 Å². The molecule has 0 saturated carbocycles. The van der Waals surface area contributed by atoms with Crippen molar-refractivity contribution in [3.05, 3.63) is 32.5 Å². The summed E-state index contributed by atoms with van der Waals surface area (Å²) in [7, 11) is 0. The molecule has 0 aliphatic heterocycles. The van der Waals surface area contributed by atoms with Gasteiger partial charge >= 0.3 is 0 Å². The Bertz CT molecular complexity index is 573. The van der Waals surface area contributed by atoms with Crippen molar-refractivity contribution in [2.24, 2.45) is 0 Å². The molecule has 0 saturated heterocycles. The number of hydrogen-bond donors (Lipinski definition) is 0. The van der Waals surface area contributed by atoms with Crippen molar-refractivity contribution < 1.29 is 4.79 Å². The first-order valence-corrected chi connectivity index (χ1v) is 6.44. The third kappa shape index (κ3) is 2.12. The van der Waals surface area contributed by atoms with Gasteiger partial charge in [-0.1, -0.05) is 11.6 Å². The van der Waals surface area contributed by atoms with Crippen molar-refractivity contribution in [3.63, 3.8) is 0 Å². The van der Waals surface area contributed by atoms with E-state index >= 15 is 0 Å². The number of carbonyl (C=O) groups excluding carboxylic acids is 1. The SMILES string of the molecule is CCn1ncc(Cl)c1C(=O)c1sc(C)nc1C. The van der Waals surface area contributed by atoms with Crippen molar-refractivity contribution >= 4 is 28.7 Å². The molecule has 2 aromatic heterocycles. The van der Waals surface area contributed by atoms with Crippen molar-refractivity contribution in [1.29, 1.82) is 0 Å². The monoisotopic (exact) mass is 269 g/mol. The summed E-state index contributed by atoms with van der Waals surface area (Å²) in [5, 5.41) is 5.34. The minimum Gasteiger partial charge on any atom is -0.286 e. The summed E-state index contributed by atoms with van der Waals surface area (Å²) in [5.74, 6) is -0.0996. The Labute approximate surface area is 108 Å². The molecule has 6 heteroatoms. The highest BCUT2D eigenvalue weighted by atomic mass is 35.5. The number of aryl methyl sites for hydroxylation is 3. The molecule has 17 heavy (non-hydrogen) atoms. The van der Waals surface area contributed by atoms with Crippen LogP contribution in [0, 0.1) is 13.8 Å². The fourth-order valence-corrected chi connectivity index (χ4v) is 2.77. The Morgan fingerprint density at radius 2 is 2.24 bits per heavy atom. The van der Waals surface area contributed by atoms with Gasteiger partial charge in [0.25, 0.3) is 0 Å². The van der Waals surface area contributed by atoms with Crippen LogP contribution in [-0.4, -0.2) is 20.5 Å². The predicted octanol–water partition coefficient (Wildman–Crippen LogP) is 2.86. The largest absolute Gasteiger partial charge is 0.286 e. The van der Waals surface area contributed by atoms with E-state index in [2.05, 4.69) is 10.1 Å². The van der Waals surface area contributed by atoms with Crippen LogP contribution in [0.5, 0.6) is 0 Å². The topological polar surface area (TPSA) is 47.8 Å². The quantitative estimate of drug-likeness (QED) is 0.805. The fourth-order valence-electron chi connectivity index (χ4n) is 1.68. The summed E-state index contributed by atoms with van der Waals surface area (Å²) in [4.78, 5) is 17.3. The minimum absolute atomic E-state index is 0.0996. The molecule has 0 spiro atoms. The Morgan fingerprint density at radius 1 is 1.53 bits per heavy atom. The number of hydrogen-bond acceptors (Lipinski definition) is 4. The molecule has 2 heterocycles. The highest BCUT2D eigenvalue weighted by Gasteiger charge is 2.22. The molecule has 0 atom stereocenters. The molecule has 90 valence electrons. The van der Waals surface area contributed by atoms with Gasteiger partial charge in [0, 0.05) is 6.54 Å². The summed E-state index contributed by atoms with van der Waals surface area (Å²) < 4.78 is 1.61. The number of halogens is 1. The van der Waals surface area contributed by atoms with E-state index in [1.165, 1.54) is 17.5 Å². The molecule has 0 N–H and O–H groups in total. The second-order valence-corrected chi connectivity index (χ2v) is 5.24. The van der Waals surface area contributed by atoms with Gasteiger partial charge in [0.2, 0.25) is 5.78 Å². The van der Waals surface area contributed by atoms with Crippen molar-refractivity contribution in [1.82, 2.24) is 14.8 Å². The third-order valence-corrected chi connectivity index (χ3v) is 3.77. The standard InChI is InChI=1S/C11H12ClN3OS/c1-4-15-9(8(12)5-13-15)10(16)11-6(2)14-7(3)17-11/h5H,4H2,1-3H3. The zero-order chi connectivity index (χ0) is 12.6. The zero-order valence-electron chi connectivity index (χ0n) is 9.82. The molecule has 0 amide bonds. The molecular weight excluding hydrogens is 258 g/mol. The average Bonchev–Trinajstić information content (AvgIpc) is 2.80. The molecule has 0 aliphatic carbocycles. The number of thiazole rings is 1. The van der Waals surface area contributed by atoms with Crippen molar-refractivity contribution in [2.75, 3.05) is 0 Å². The maximum atomic E-state index is 12.4. The van der Waals surface area contributed by atoms with E-state index in [0.29, 0.717) is 22.1 Å². The molecule has 0 bridgehead atoms. The molecule has 2 aromatic rings. The van der Waals surface area contributed by atoms with Crippen LogP contribution in [0.2, 0.25) is 5.02 Å². The van der Waals surface area contributed by atoms with Gasteiger partial charge in [-0.15, -0.1) is 11.3 Å². The van der Waals surface area contributed by atoms with E-state index in [9.17, 15) is 4.79 Å². The maximum absolute atomic E-state index is 12.4. The maximum Gasteiger partial charge on any atom is 0.224 e. The Hall–Kier alpha value is -1.20. The van der Waals surface area contributed by atoms with Crippen LogP contribution in [0.25, 0.3) is 0 Å². The smallest absolute Gasteiger partial charge is 0.224 e. The van der Waals surface area contributed by atoms with E-state index in [0.717, 1.165) is 10.7 Å². The van der Waals surface area contributed by atoms with Crippen molar-refractivity contribution in [3.8, 4) is 0 Å². The highest BCUT2D eigenvalue weighted by Crippen LogP contribution is 2.24. The molecule has 0 aliphatic rings. The highest BCUT2D eigenvalue weighted by molar-refractivity contribution is 7.14. The summed E-state index contributed by atoms with van der Waals surface area (Å²) in [6, 6.07) is 0. The molecular formula is C11H12ClN3OS. The van der Waals surface area contributed by atoms with Crippen LogP contribution >= 0.6 is 22.9 Å². The van der Waals surface area contributed by atoms with Gasteiger partial charge in [0.1, 0.15) is 5.69 Å². The molecule has 0 aromatic carbocycles. The number of carbonyl (C=O) groups is 1. The number of ketones is 1. The first kappa shape index (κ1) is 12.3. The molecule has 0 radical (unpaired) electrons. The third-order valence-electron chi connectivity index (χ3n) is 2.42. The van der Waals surface area contributed by atoms with E-state index in [-0.39, 0.29) is 5.78 Å². The molecule has 0 unspecified atom stereocenters. The van der Waals surface area contributed by atoms with Crippen LogP contribution in [0.3, 0.4) is 0 Å². The van der Waals surface area contributed by atoms with E-state index in [4.69, 9.17) is 11.6 Å². The first-order valence-electron chi connectivity index (χ1n) is 5.24. The zero-order valence-corrected chi connectivity index (χ0v) is 11.4. The number of rotatable bonds is 3. The van der Waals surface area contributed by atoms with Gasteiger partial charge in [0.05, 0.1) is 26.8 Å². The Morgan fingerprint density at radius 3 is 2.76 bits per heavy atom. The summed E-state index contributed by atoms with van der Waals surface area (Å²) in [6.45, 7) is 6.25. The van der Waals surface area contributed by atoms with E-state index in [1.807, 2.05) is 20.8 Å². The van der Waals surface area contributed by atoms with Gasteiger partial charge in [-0.05, 0) is 20.8 Å². The van der Waals surface area contributed by atoms with Crippen LogP contribution in [0.15, 0.2) is 6.20 Å².